The highest BCUT2D eigenvalue weighted by Gasteiger charge is 2.32. The fourth-order valence-electron chi connectivity index (χ4n) is 3.72. The maximum atomic E-state index is 13.0. The Morgan fingerprint density at radius 1 is 1.19 bits per heavy atom. The summed E-state index contributed by atoms with van der Waals surface area (Å²) in [7, 11) is 1.63. The normalized spacial score (nSPS) is 17.1. The second-order valence-electron chi connectivity index (χ2n) is 6.95. The minimum absolute atomic E-state index is 0.00146. The Hall–Kier alpha value is -2.82. The molecule has 0 spiro atoms. The first kappa shape index (κ1) is 19.0. The van der Waals surface area contributed by atoms with Gasteiger partial charge in [0.15, 0.2) is 0 Å². The van der Waals surface area contributed by atoms with E-state index in [1.165, 1.54) is 0 Å². The maximum absolute atomic E-state index is 13.0. The first-order valence-corrected chi connectivity index (χ1v) is 9.25. The number of carboxylic acids is 1. The average Bonchev–Trinajstić information content (AvgIpc) is 2.71. The lowest BCUT2D eigenvalue weighted by Crippen LogP contribution is -2.41. The van der Waals surface area contributed by atoms with Gasteiger partial charge in [0.1, 0.15) is 5.75 Å². The van der Waals surface area contributed by atoms with E-state index in [2.05, 4.69) is 6.92 Å². The number of carbonyl (C=O) groups is 2. The van der Waals surface area contributed by atoms with Gasteiger partial charge in [0.25, 0.3) is 0 Å². The van der Waals surface area contributed by atoms with Crippen LogP contribution in [0.3, 0.4) is 0 Å². The van der Waals surface area contributed by atoms with Crippen LogP contribution < -0.4 is 4.74 Å². The Labute approximate surface area is 159 Å². The van der Waals surface area contributed by atoms with Crippen LogP contribution in [-0.4, -0.2) is 35.5 Å². The molecule has 27 heavy (non-hydrogen) atoms. The highest BCUT2D eigenvalue weighted by molar-refractivity contribution is 5.82. The van der Waals surface area contributed by atoms with Gasteiger partial charge in [0, 0.05) is 19.5 Å². The molecule has 2 aromatic carbocycles. The fraction of sp³-hybridized carbons (Fsp3) is 0.364. The zero-order valence-electron chi connectivity index (χ0n) is 15.7. The summed E-state index contributed by atoms with van der Waals surface area (Å²) >= 11 is 0. The zero-order valence-corrected chi connectivity index (χ0v) is 15.7. The predicted molar refractivity (Wildman–Crippen MR) is 103 cm³/mol. The van der Waals surface area contributed by atoms with Crippen LogP contribution in [0.25, 0.3) is 0 Å². The Bertz CT molecular complexity index is 815. The average molecular weight is 367 g/mol. The van der Waals surface area contributed by atoms with Crippen molar-refractivity contribution in [3.63, 3.8) is 0 Å². The van der Waals surface area contributed by atoms with Gasteiger partial charge >= 0.3 is 5.97 Å². The summed E-state index contributed by atoms with van der Waals surface area (Å²) in [5, 5.41) is 9.59. The Morgan fingerprint density at radius 2 is 1.89 bits per heavy atom. The van der Waals surface area contributed by atoms with Crippen LogP contribution in [0, 0.1) is 0 Å². The lowest BCUT2D eigenvalue weighted by atomic mass is 9.88. The predicted octanol–water partition coefficient (Wildman–Crippen LogP) is 3.79. The van der Waals surface area contributed by atoms with Gasteiger partial charge in [-0.1, -0.05) is 43.3 Å². The molecule has 0 radical (unpaired) electrons. The molecule has 1 N–H and O–H groups in total. The molecule has 2 unspecified atom stereocenters. The molecular weight excluding hydrogens is 342 g/mol. The van der Waals surface area contributed by atoms with Gasteiger partial charge in [0.2, 0.25) is 5.91 Å². The van der Waals surface area contributed by atoms with Crippen molar-refractivity contribution in [1.82, 2.24) is 4.90 Å². The molecule has 0 bridgehead atoms. The maximum Gasteiger partial charge on any atom is 0.312 e. The van der Waals surface area contributed by atoms with Gasteiger partial charge in [-0.2, -0.15) is 0 Å². The van der Waals surface area contributed by atoms with Crippen molar-refractivity contribution < 1.29 is 19.4 Å². The number of hydrogen-bond acceptors (Lipinski definition) is 3. The van der Waals surface area contributed by atoms with Crippen molar-refractivity contribution in [3.8, 4) is 5.75 Å². The molecule has 1 heterocycles. The van der Waals surface area contributed by atoms with E-state index in [4.69, 9.17) is 4.74 Å². The van der Waals surface area contributed by atoms with Crippen LogP contribution in [0.1, 0.15) is 48.3 Å². The number of benzene rings is 2. The summed E-state index contributed by atoms with van der Waals surface area (Å²) in [6.45, 7) is 2.76. The lowest BCUT2D eigenvalue weighted by Gasteiger charge is -2.33. The SMILES string of the molecule is CCC(CC(=O)N1Cc2ccccc2C(C(=O)O)C1)c1ccc(OC)cc1. The molecular formula is C22H25NO4. The number of aliphatic carboxylic acids is 1. The number of hydrogen-bond donors (Lipinski definition) is 1. The van der Waals surface area contributed by atoms with Gasteiger partial charge in [-0.15, -0.1) is 0 Å². The number of methoxy groups -OCH3 is 1. The number of rotatable bonds is 6. The smallest absolute Gasteiger partial charge is 0.312 e. The van der Waals surface area contributed by atoms with E-state index < -0.39 is 11.9 Å². The van der Waals surface area contributed by atoms with Crippen LogP contribution in [-0.2, 0) is 16.1 Å². The van der Waals surface area contributed by atoms with Crippen LogP contribution >= 0.6 is 0 Å². The van der Waals surface area contributed by atoms with E-state index in [0.717, 1.165) is 28.9 Å². The van der Waals surface area contributed by atoms with Crippen LogP contribution in [0.4, 0.5) is 0 Å². The van der Waals surface area contributed by atoms with Crippen molar-refractivity contribution in [1.29, 1.82) is 0 Å². The second kappa shape index (κ2) is 8.25. The highest BCUT2D eigenvalue weighted by atomic mass is 16.5. The highest BCUT2D eigenvalue weighted by Crippen LogP contribution is 2.31. The number of nitrogens with zero attached hydrogens (tertiary/aromatic N) is 1. The van der Waals surface area contributed by atoms with E-state index in [1.807, 2.05) is 48.5 Å². The fourth-order valence-corrected chi connectivity index (χ4v) is 3.72. The van der Waals surface area contributed by atoms with Gasteiger partial charge in [-0.05, 0) is 41.2 Å². The molecule has 2 atom stereocenters. The molecule has 3 rings (SSSR count). The Morgan fingerprint density at radius 3 is 2.52 bits per heavy atom. The minimum Gasteiger partial charge on any atom is -0.497 e. The van der Waals surface area contributed by atoms with Gasteiger partial charge < -0.3 is 14.7 Å². The third-order valence-electron chi connectivity index (χ3n) is 5.35. The molecule has 5 heteroatoms. The van der Waals surface area contributed by atoms with Gasteiger partial charge in [-0.25, -0.2) is 0 Å². The third kappa shape index (κ3) is 4.13. The van der Waals surface area contributed by atoms with Crippen LogP contribution in [0.2, 0.25) is 0 Å². The molecule has 1 amide bonds. The first-order chi connectivity index (χ1) is 13.0. The number of amides is 1. The molecule has 1 aliphatic rings. The van der Waals surface area contributed by atoms with E-state index in [-0.39, 0.29) is 18.4 Å². The second-order valence-corrected chi connectivity index (χ2v) is 6.95. The summed E-state index contributed by atoms with van der Waals surface area (Å²) in [5.74, 6) is -0.666. The zero-order chi connectivity index (χ0) is 19.4. The van der Waals surface area contributed by atoms with Crippen LogP contribution in [0.5, 0.6) is 5.75 Å². The van der Waals surface area contributed by atoms with Crippen molar-refractivity contribution in [2.75, 3.05) is 13.7 Å². The van der Waals surface area contributed by atoms with Crippen LogP contribution in [0.15, 0.2) is 48.5 Å². The van der Waals surface area contributed by atoms with E-state index in [1.54, 1.807) is 12.0 Å². The monoisotopic (exact) mass is 367 g/mol. The number of carbonyl (C=O) groups excluding carboxylic acids is 1. The molecule has 0 aliphatic carbocycles. The molecule has 0 aromatic heterocycles. The van der Waals surface area contributed by atoms with E-state index in [0.29, 0.717) is 13.0 Å². The number of carboxylic acid groups (broad SMARTS) is 1. The Kier molecular flexibility index (Phi) is 5.79. The lowest BCUT2D eigenvalue weighted by molar-refractivity contribution is -0.141. The van der Waals surface area contributed by atoms with Gasteiger partial charge in [-0.3, -0.25) is 9.59 Å². The van der Waals surface area contributed by atoms with Crippen molar-refractivity contribution >= 4 is 11.9 Å². The van der Waals surface area contributed by atoms with Crippen molar-refractivity contribution in [3.05, 3.63) is 65.2 Å². The van der Waals surface area contributed by atoms with Gasteiger partial charge in [0.05, 0.1) is 13.0 Å². The summed E-state index contributed by atoms with van der Waals surface area (Å²) in [6, 6.07) is 15.3. The summed E-state index contributed by atoms with van der Waals surface area (Å²) < 4.78 is 5.20. The third-order valence-corrected chi connectivity index (χ3v) is 5.35. The standard InChI is InChI=1S/C22H25NO4/c1-3-15(16-8-10-18(27-2)11-9-16)12-21(24)23-13-17-6-4-5-7-19(17)20(14-23)22(25)26/h4-11,15,20H,3,12-14H2,1-2H3,(H,25,26). The summed E-state index contributed by atoms with van der Waals surface area (Å²) in [6.07, 6.45) is 1.21. The molecule has 5 nitrogen and oxygen atoms in total. The summed E-state index contributed by atoms with van der Waals surface area (Å²) in [4.78, 5) is 26.3. The topological polar surface area (TPSA) is 66.8 Å². The molecule has 0 saturated heterocycles. The number of ether oxygens (including phenoxy) is 1. The largest absolute Gasteiger partial charge is 0.497 e. The van der Waals surface area contributed by atoms with Crippen molar-refractivity contribution in [2.45, 2.75) is 38.1 Å². The molecule has 2 aromatic rings. The summed E-state index contributed by atoms with van der Waals surface area (Å²) in [5.41, 5.74) is 2.83. The minimum atomic E-state index is -0.887. The quantitative estimate of drug-likeness (QED) is 0.843. The molecule has 0 saturated carbocycles. The van der Waals surface area contributed by atoms with E-state index in [9.17, 15) is 14.7 Å². The Balaban J connectivity index is 1.75. The first-order valence-electron chi connectivity index (χ1n) is 9.25. The van der Waals surface area contributed by atoms with Crippen molar-refractivity contribution in [2.24, 2.45) is 0 Å². The molecule has 0 fully saturated rings. The molecule has 142 valence electrons. The number of fused-ring (bicyclic) bond motifs is 1. The van der Waals surface area contributed by atoms with E-state index >= 15 is 0 Å². The molecule has 1 aliphatic heterocycles.